The number of nitrogens with zero attached hydrogens (tertiary/aromatic N) is 2. The van der Waals surface area contributed by atoms with E-state index in [0.29, 0.717) is 11.3 Å². The van der Waals surface area contributed by atoms with E-state index in [0.717, 1.165) is 11.1 Å². The molecule has 0 radical (unpaired) electrons. The average molecular weight is 434 g/mol. The van der Waals surface area contributed by atoms with E-state index < -0.39 is 11.0 Å². The molecule has 0 aliphatic carbocycles. The van der Waals surface area contributed by atoms with Crippen molar-refractivity contribution in [3.63, 3.8) is 0 Å². The van der Waals surface area contributed by atoms with Crippen molar-refractivity contribution in [3.8, 4) is 11.5 Å². The first-order valence-electron chi connectivity index (χ1n) is 9.66. The van der Waals surface area contributed by atoms with E-state index in [1.807, 2.05) is 37.3 Å². The highest BCUT2D eigenvalue weighted by molar-refractivity contribution is 5.90. The van der Waals surface area contributed by atoms with Crippen LogP contribution in [-0.4, -0.2) is 24.3 Å². The second-order valence-electron chi connectivity index (χ2n) is 6.73. The maximum Gasteiger partial charge on any atom is 0.339 e. The fourth-order valence-corrected chi connectivity index (χ4v) is 2.88. The van der Waals surface area contributed by atoms with Crippen LogP contribution in [0.25, 0.3) is 0 Å². The third-order valence-corrected chi connectivity index (χ3v) is 4.52. The summed E-state index contributed by atoms with van der Waals surface area (Å²) in [6.45, 7) is 2.09. The van der Waals surface area contributed by atoms with E-state index >= 15 is 0 Å². The molecular weight excluding hydrogens is 412 g/mol. The van der Waals surface area contributed by atoms with Crippen molar-refractivity contribution in [2.75, 3.05) is 12.4 Å². The quantitative estimate of drug-likeness (QED) is 0.304. The number of rotatable bonds is 8. The van der Waals surface area contributed by atoms with Crippen molar-refractivity contribution in [1.29, 1.82) is 0 Å². The summed E-state index contributed by atoms with van der Waals surface area (Å²) in [6, 6.07) is 18.8. The molecule has 0 aliphatic rings. The molecule has 0 bridgehead atoms. The Morgan fingerprint density at radius 1 is 1.12 bits per heavy atom. The highest BCUT2D eigenvalue weighted by Gasteiger charge is 2.22. The first kappa shape index (κ1) is 22.3. The Bertz CT molecular complexity index is 1130. The van der Waals surface area contributed by atoms with Gasteiger partial charge in [-0.2, -0.15) is 5.10 Å². The molecule has 0 spiro atoms. The molecule has 0 heterocycles. The van der Waals surface area contributed by atoms with Gasteiger partial charge in [0.15, 0.2) is 5.75 Å². The number of benzene rings is 3. The Morgan fingerprint density at radius 3 is 2.53 bits per heavy atom. The number of hydrogen-bond donors (Lipinski definition) is 2. The lowest BCUT2D eigenvalue weighted by molar-refractivity contribution is -0.386. The van der Waals surface area contributed by atoms with Crippen LogP contribution in [0.5, 0.6) is 11.5 Å². The summed E-state index contributed by atoms with van der Waals surface area (Å²) in [7, 11) is 1.40. The fraction of sp³-hybridized carbons (Fsp3) is 0.130. The van der Waals surface area contributed by atoms with Crippen LogP contribution in [0.15, 0.2) is 71.8 Å². The minimum Gasteiger partial charge on any atom is -0.493 e. The molecule has 164 valence electrons. The van der Waals surface area contributed by atoms with Crippen LogP contribution < -0.4 is 20.2 Å². The topological polar surface area (TPSA) is 115 Å². The van der Waals surface area contributed by atoms with Crippen molar-refractivity contribution in [2.45, 2.75) is 13.5 Å². The monoisotopic (exact) mass is 434 g/mol. The van der Waals surface area contributed by atoms with E-state index in [9.17, 15) is 14.9 Å². The average Bonchev–Trinajstić information content (AvgIpc) is 2.79. The van der Waals surface area contributed by atoms with Crippen LogP contribution in [0.4, 0.5) is 16.2 Å². The zero-order valence-electron chi connectivity index (χ0n) is 17.6. The summed E-state index contributed by atoms with van der Waals surface area (Å²) in [4.78, 5) is 23.0. The van der Waals surface area contributed by atoms with Crippen LogP contribution in [0.2, 0.25) is 0 Å². The van der Waals surface area contributed by atoms with E-state index in [-0.39, 0.29) is 23.8 Å². The Kier molecular flexibility index (Phi) is 7.37. The molecule has 3 rings (SSSR count). The molecule has 0 aliphatic heterocycles. The van der Waals surface area contributed by atoms with Crippen LogP contribution in [0.3, 0.4) is 0 Å². The molecular formula is C23H22N4O5. The molecule has 0 atom stereocenters. The first-order chi connectivity index (χ1) is 15.5. The number of methoxy groups -OCH3 is 1. The number of hydrazone groups is 1. The Morgan fingerprint density at radius 2 is 1.84 bits per heavy atom. The maximum absolute atomic E-state index is 11.9. The number of carbonyl (C=O) groups excluding carboxylic acids is 1. The molecule has 0 saturated carbocycles. The van der Waals surface area contributed by atoms with Gasteiger partial charge in [0.1, 0.15) is 6.61 Å². The van der Waals surface area contributed by atoms with Gasteiger partial charge in [0.2, 0.25) is 5.75 Å². The summed E-state index contributed by atoms with van der Waals surface area (Å²) in [6.07, 6.45) is 1.28. The number of carbonyl (C=O) groups is 1. The zero-order chi connectivity index (χ0) is 22.9. The minimum atomic E-state index is -0.553. The fourth-order valence-electron chi connectivity index (χ4n) is 2.88. The molecule has 2 N–H and O–H groups in total. The van der Waals surface area contributed by atoms with Gasteiger partial charge in [-0.05, 0) is 36.2 Å². The lowest BCUT2D eigenvalue weighted by Crippen LogP contribution is -2.24. The van der Waals surface area contributed by atoms with Crippen molar-refractivity contribution >= 4 is 23.6 Å². The predicted octanol–water partition coefficient (Wildman–Crippen LogP) is 4.65. The summed E-state index contributed by atoms with van der Waals surface area (Å²) in [5.41, 5.74) is 4.92. The van der Waals surface area contributed by atoms with Gasteiger partial charge >= 0.3 is 11.7 Å². The first-order valence-corrected chi connectivity index (χ1v) is 9.66. The zero-order valence-corrected chi connectivity index (χ0v) is 17.6. The third-order valence-electron chi connectivity index (χ3n) is 4.52. The molecule has 0 aromatic heterocycles. The molecule has 3 aromatic rings. The molecule has 3 aromatic carbocycles. The van der Waals surface area contributed by atoms with Crippen LogP contribution in [-0.2, 0) is 6.61 Å². The normalized spacial score (nSPS) is 10.6. The standard InChI is InChI=1S/C23H22N4O5/c1-16-8-6-7-9-18(16)15-32-22-20(27(29)30)12-17(13-21(22)31-2)14-24-26-23(28)25-19-10-4-3-5-11-19/h3-14H,15H2,1-2H3,(H2,25,26,28)/b24-14+. The molecule has 0 unspecified atom stereocenters. The van der Waals surface area contributed by atoms with E-state index in [1.54, 1.807) is 30.3 Å². The van der Waals surface area contributed by atoms with Crippen LogP contribution in [0.1, 0.15) is 16.7 Å². The van der Waals surface area contributed by atoms with Gasteiger partial charge in [-0.3, -0.25) is 10.1 Å². The van der Waals surface area contributed by atoms with Gasteiger partial charge in [0.25, 0.3) is 0 Å². The summed E-state index contributed by atoms with van der Waals surface area (Å²) in [5.74, 6) is 0.204. The Balaban J connectivity index is 1.75. The third kappa shape index (κ3) is 5.82. The number of ether oxygens (including phenoxy) is 2. The number of nitrogens with one attached hydrogen (secondary N) is 2. The van der Waals surface area contributed by atoms with E-state index in [1.165, 1.54) is 19.4 Å². The second kappa shape index (κ2) is 10.6. The van der Waals surface area contributed by atoms with Crippen LogP contribution in [0, 0.1) is 17.0 Å². The van der Waals surface area contributed by atoms with Crippen molar-refractivity contribution in [2.24, 2.45) is 5.10 Å². The number of para-hydroxylation sites is 1. The summed E-state index contributed by atoms with van der Waals surface area (Å²) >= 11 is 0. The molecule has 0 fully saturated rings. The number of hydrogen-bond acceptors (Lipinski definition) is 6. The molecule has 2 amide bonds. The SMILES string of the molecule is COc1cc(/C=N/NC(=O)Nc2ccccc2)cc([N+](=O)[O-])c1OCc1ccccc1C. The number of amides is 2. The van der Waals surface area contributed by atoms with Gasteiger partial charge in [0.05, 0.1) is 18.2 Å². The van der Waals surface area contributed by atoms with E-state index in [4.69, 9.17) is 9.47 Å². The predicted molar refractivity (Wildman–Crippen MR) is 121 cm³/mol. The second-order valence-corrected chi connectivity index (χ2v) is 6.73. The maximum atomic E-state index is 11.9. The van der Waals surface area contributed by atoms with Crippen molar-refractivity contribution < 1.29 is 19.2 Å². The van der Waals surface area contributed by atoms with Gasteiger partial charge < -0.3 is 14.8 Å². The Labute approximate surface area is 184 Å². The molecule has 0 saturated heterocycles. The largest absolute Gasteiger partial charge is 0.493 e. The minimum absolute atomic E-state index is 0.0210. The number of aryl methyl sites for hydroxylation is 1. The van der Waals surface area contributed by atoms with Crippen molar-refractivity contribution in [3.05, 3.63) is 93.5 Å². The lowest BCUT2D eigenvalue weighted by atomic mass is 10.1. The smallest absolute Gasteiger partial charge is 0.339 e. The number of anilines is 1. The van der Waals surface area contributed by atoms with Crippen LogP contribution >= 0.6 is 0 Å². The number of nitro benzene ring substituents is 1. The molecule has 9 nitrogen and oxygen atoms in total. The number of nitro groups is 1. The van der Waals surface area contributed by atoms with Crippen molar-refractivity contribution in [1.82, 2.24) is 5.43 Å². The van der Waals surface area contributed by atoms with E-state index in [2.05, 4.69) is 15.8 Å². The molecule has 32 heavy (non-hydrogen) atoms. The highest BCUT2D eigenvalue weighted by Crippen LogP contribution is 2.38. The highest BCUT2D eigenvalue weighted by atomic mass is 16.6. The van der Waals surface area contributed by atoms with Gasteiger partial charge in [-0.1, -0.05) is 42.5 Å². The number of urea groups is 1. The van der Waals surface area contributed by atoms with Gasteiger partial charge in [-0.15, -0.1) is 0 Å². The lowest BCUT2D eigenvalue weighted by Gasteiger charge is -2.13. The molecule has 9 heteroatoms. The summed E-state index contributed by atoms with van der Waals surface area (Å²) in [5, 5.41) is 18.1. The van der Waals surface area contributed by atoms with Gasteiger partial charge in [0, 0.05) is 17.3 Å². The summed E-state index contributed by atoms with van der Waals surface area (Å²) < 4.78 is 11.1. The Hall–Kier alpha value is -4.40. The van der Waals surface area contributed by atoms with Gasteiger partial charge in [-0.25, -0.2) is 10.2 Å².